The summed E-state index contributed by atoms with van der Waals surface area (Å²) in [6, 6.07) is 4.55. The van der Waals surface area contributed by atoms with Crippen molar-refractivity contribution in [2.45, 2.75) is 33.2 Å². The molecule has 1 aliphatic rings. The van der Waals surface area contributed by atoms with E-state index in [9.17, 15) is 9.90 Å². The second-order valence-electron chi connectivity index (χ2n) is 5.11. The van der Waals surface area contributed by atoms with Crippen LogP contribution in [0.2, 0.25) is 0 Å². The van der Waals surface area contributed by atoms with E-state index >= 15 is 0 Å². The van der Waals surface area contributed by atoms with Crippen molar-refractivity contribution in [2.75, 3.05) is 7.05 Å². The van der Waals surface area contributed by atoms with Crippen LogP contribution < -0.4 is 11.5 Å². The van der Waals surface area contributed by atoms with Crippen LogP contribution in [0.3, 0.4) is 0 Å². The number of benzene rings is 1. The number of nitrogens with zero attached hydrogens (tertiary/aromatic N) is 3. The number of aryl methyl sites for hydroxylation is 1. The Morgan fingerprint density at radius 1 is 1.42 bits per heavy atom. The molecule has 7 heteroatoms. The quantitative estimate of drug-likeness (QED) is 0.732. The van der Waals surface area contributed by atoms with Crippen LogP contribution >= 0.6 is 0 Å². The number of phenols is 1. The average Bonchev–Trinajstić information content (AvgIpc) is 2.54. The summed E-state index contributed by atoms with van der Waals surface area (Å²) >= 11 is 0. The van der Waals surface area contributed by atoms with Crippen LogP contribution in [0.1, 0.15) is 25.8 Å². The van der Waals surface area contributed by atoms with Crippen molar-refractivity contribution in [3.63, 3.8) is 0 Å². The first kappa shape index (κ1) is 19.2. The third-order valence-corrected chi connectivity index (χ3v) is 3.36. The minimum atomic E-state index is -0.448. The SMILES string of the molecule is CC.Cc1cc(O)cc(N=C/C(=C\N)C2CC(=O)N(C)C(N)=N2)c1. The number of hydrogen-bond acceptors (Lipinski definition) is 6. The van der Waals surface area contributed by atoms with Gasteiger partial charge < -0.3 is 16.6 Å². The van der Waals surface area contributed by atoms with E-state index in [4.69, 9.17) is 11.5 Å². The van der Waals surface area contributed by atoms with E-state index < -0.39 is 6.04 Å². The highest BCUT2D eigenvalue weighted by Gasteiger charge is 2.26. The Balaban J connectivity index is 0.00000139. The number of carbonyl (C=O) groups is 1. The number of guanidine groups is 1. The van der Waals surface area contributed by atoms with Gasteiger partial charge >= 0.3 is 0 Å². The molecule has 1 aliphatic heterocycles. The smallest absolute Gasteiger partial charge is 0.231 e. The van der Waals surface area contributed by atoms with E-state index in [-0.39, 0.29) is 24.0 Å². The van der Waals surface area contributed by atoms with Crippen LogP contribution in [0, 0.1) is 6.92 Å². The molecule has 24 heavy (non-hydrogen) atoms. The lowest BCUT2D eigenvalue weighted by Gasteiger charge is -2.25. The van der Waals surface area contributed by atoms with Gasteiger partial charge in [0.2, 0.25) is 5.91 Å². The van der Waals surface area contributed by atoms with Crippen molar-refractivity contribution in [1.29, 1.82) is 0 Å². The van der Waals surface area contributed by atoms with E-state index in [1.807, 2.05) is 26.8 Å². The highest BCUT2D eigenvalue weighted by Crippen LogP contribution is 2.22. The summed E-state index contributed by atoms with van der Waals surface area (Å²) in [5.74, 6) is 0.169. The third-order valence-electron chi connectivity index (χ3n) is 3.36. The van der Waals surface area contributed by atoms with Gasteiger partial charge in [-0.2, -0.15) is 0 Å². The van der Waals surface area contributed by atoms with Crippen LogP contribution in [0.15, 0.2) is 40.0 Å². The fraction of sp³-hybridized carbons (Fsp3) is 0.353. The normalized spacial score (nSPS) is 18.2. The van der Waals surface area contributed by atoms with Crippen molar-refractivity contribution in [1.82, 2.24) is 4.90 Å². The zero-order valence-corrected chi connectivity index (χ0v) is 14.5. The Labute approximate surface area is 142 Å². The van der Waals surface area contributed by atoms with Gasteiger partial charge in [-0.1, -0.05) is 13.8 Å². The second-order valence-corrected chi connectivity index (χ2v) is 5.11. The van der Waals surface area contributed by atoms with E-state index in [0.717, 1.165) is 5.56 Å². The summed E-state index contributed by atoms with van der Waals surface area (Å²) in [5.41, 5.74) is 13.4. The molecule has 2 rings (SSSR count). The minimum Gasteiger partial charge on any atom is -0.508 e. The van der Waals surface area contributed by atoms with Crippen molar-refractivity contribution in [3.05, 3.63) is 35.5 Å². The summed E-state index contributed by atoms with van der Waals surface area (Å²) in [6.45, 7) is 5.86. The van der Waals surface area contributed by atoms with Gasteiger partial charge in [0.15, 0.2) is 5.96 Å². The summed E-state index contributed by atoms with van der Waals surface area (Å²) in [4.78, 5) is 21.6. The number of phenolic OH excluding ortho intramolecular Hbond substituents is 1. The Bertz CT molecular complexity index is 659. The van der Waals surface area contributed by atoms with Crippen LogP contribution in [0.4, 0.5) is 5.69 Å². The molecule has 1 amide bonds. The molecule has 0 radical (unpaired) electrons. The standard InChI is InChI=1S/C15H19N5O2.C2H6/c1-9-3-11(5-12(21)4-9)18-8-10(7-16)13-6-14(22)20(2)15(17)19-13;1-2/h3-5,7-8,13,21H,6,16H2,1-2H3,(H2,17,19);1-2H3/b10-7+,18-8?;. The van der Waals surface area contributed by atoms with Crippen LogP contribution in [0.5, 0.6) is 5.75 Å². The maximum atomic E-state index is 11.8. The first-order valence-electron chi connectivity index (χ1n) is 7.77. The molecular formula is C17H25N5O2. The molecule has 1 unspecified atom stereocenters. The Kier molecular flexibility index (Phi) is 6.98. The fourth-order valence-electron chi connectivity index (χ4n) is 2.12. The van der Waals surface area contributed by atoms with Crippen molar-refractivity contribution in [3.8, 4) is 5.75 Å². The Morgan fingerprint density at radius 2 is 2.08 bits per heavy atom. The first-order valence-corrected chi connectivity index (χ1v) is 7.77. The molecule has 5 N–H and O–H groups in total. The van der Waals surface area contributed by atoms with Gasteiger partial charge in [-0.3, -0.25) is 14.7 Å². The number of nitrogens with two attached hydrogens (primary N) is 2. The summed E-state index contributed by atoms with van der Waals surface area (Å²) in [6.07, 6.45) is 3.08. The predicted molar refractivity (Wildman–Crippen MR) is 97.4 cm³/mol. The zero-order chi connectivity index (χ0) is 18.3. The topological polar surface area (TPSA) is 117 Å². The summed E-state index contributed by atoms with van der Waals surface area (Å²) < 4.78 is 0. The minimum absolute atomic E-state index is 0.126. The molecule has 7 nitrogen and oxygen atoms in total. The largest absolute Gasteiger partial charge is 0.508 e. The van der Waals surface area contributed by atoms with Crippen LogP contribution in [-0.2, 0) is 4.79 Å². The molecule has 1 aromatic rings. The fourth-order valence-corrected chi connectivity index (χ4v) is 2.12. The van der Waals surface area contributed by atoms with Gasteiger partial charge in [-0.05, 0) is 24.6 Å². The van der Waals surface area contributed by atoms with Crippen LogP contribution in [-0.4, -0.2) is 41.2 Å². The molecule has 0 saturated carbocycles. The lowest BCUT2D eigenvalue weighted by molar-refractivity contribution is -0.127. The highest BCUT2D eigenvalue weighted by molar-refractivity contribution is 5.99. The molecule has 1 heterocycles. The molecule has 0 saturated heterocycles. The average molecular weight is 331 g/mol. The molecule has 130 valence electrons. The summed E-state index contributed by atoms with van der Waals surface area (Å²) in [7, 11) is 1.58. The van der Waals surface area contributed by atoms with E-state index in [1.165, 1.54) is 23.4 Å². The Hall–Kier alpha value is -2.83. The Morgan fingerprint density at radius 3 is 2.62 bits per heavy atom. The van der Waals surface area contributed by atoms with E-state index in [0.29, 0.717) is 11.3 Å². The molecule has 0 aromatic heterocycles. The lowest BCUT2D eigenvalue weighted by atomic mass is 10.0. The van der Waals surface area contributed by atoms with E-state index in [2.05, 4.69) is 9.98 Å². The number of amides is 1. The second kappa shape index (κ2) is 8.71. The first-order chi connectivity index (χ1) is 11.4. The number of aliphatic imine (C=N–C) groups is 2. The van der Waals surface area contributed by atoms with Gasteiger partial charge in [0.05, 0.1) is 18.2 Å². The maximum Gasteiger partial charge on any atom is 0.231 e. The number of hydrogen-bond donors (Lipinski definition) is 3. The summed E-state index contributed by atoms with van der Waals surface area (Å²) in [5, 5.41) is 9.56. The monoisotopic (exact) mass is 331 g/mol. The molecule has 0 fully saturated rings. The highest BCUT2D eigenvalue weighted by atomic mass is 16.3. The van der Waals surface area contributed by atoms with Crippen molar-refractivity contribution in [2.24, 2.45) is 21.5 Å². The molecule has 1 atom stereocenters. The van der Waals surface area contributed by atoms with Gasteiger partial charge in [-0.15, -0.1) is 0 Å². The van der Waals surface area contributed by atoms with Gasteiger partial charge in [0.25, 0.3) is 0 Å². The number of carbonyl (C=O) groups excluding carboxylic acids is 1. The van der Waals surface area contributed by atoms with Crippen molar-refractivity contribution < 1.29 is 9.90 Å². The van der Waals surface area contributed by atoms with Crippen molar-refractivity contribution >= 4 is 23.8 Å². The molecule has 0 spiro atoms. The van der Waals surface area contributed by atoms with Gasteiger partial charge in [-0.25, -0.2) is 4.99 Å². The zero-order valence-electron chi connectivity index (χ0n) is 14.5. The lowest BCUT2D eigenvalue weighted by Crippen LogP contribution is -2.45. The molecule has 0 bridgehead atoms. The molecule has 1 aromatic carbocycles. The predicted octanol–water partition coefficient (Wildman–Crippen LogP) is 1.82. The molecule has 0 aliphatic carbocycles. The maximum absolute atomic E-state index is 11.8. The van der Waals surface area contributed by atoms with Gasteiger partial charge in [0.1, 0.15) is 5.75 Å². The van der Waals surface area contributed by atoms with Crippen LogP contribution in [0.25, 0.3) is 0 Å². The number of aromatic hydroxyl groups is 1. The number of rotatable bonds is 3. The third kappa shape index (κ3) is 4.84. The molecular weight excluding hydrogens is 306 g/mol. The van der Waals surface area contributed by atoms with Gasteiger partial charge in [0, 0.05) is 31.1 Å². The van der Waals surface area contributed by atoms with E-state index in [1.54, 1.807) is 13.1 Å².